The zero-order valence-electron chi connectivity index (χ0n) is 18.8. The Morgan fingerprint density at radius 3 is 2.31 bits per heavy atom. The summed E-state index contributed by atoms with van der Waals surface area (Å²) in [5.41, 5.74) is 6.57. The van der Waals surface area contributed by atoms with E-state index in [4.69, 9.17) is 9.94 Å². The molecule has 0 atom stereocenters. The standard InChI is InChI=1S/C27H30N4O/c1-31(2)17-18-32-30-25(20-13-14-20)26-23-15-16-27(19-24(23)28-29-26,21-9-5-3-6-10-21)22-11-7-4-8-12-22/h3-12,15-16,20H,13-14,17-19H2,1-2H3,(H,28,29)/b30-25-. The summed E-state index contributed by atoms with van der Waals surface area (Å²) < 4.78 is 0. The number of rotatable bonds is 8. The molecule has 32 heavy (non-hydrogen) atoms. The second-order valence-electron chi connectivity index (χ2n) is 9.07. The number of hydrogen-bond acceptors (Lipinski definition) is 4. The van der Waals surface area contributed by atoms with Gasteiger partial charge in [-0.05, 0) is 38.1 Å². The molecule has 5 nitrogen and oxygen atoms in total. The van der Waals surface area contributed by atoms with Gasteiger partial charge in [0.2, 0.25) is 0 Å². The molecule has 0 radical (unpaired) electrons. The molecule has 0 unspecified atom stereocenters. The molecule has 3 aromatic rings. The highest BCUT2D eigenvalue weighted by molar-refractivity contribution is 6.04. The SMILES string of the molecule is CN(C)CCO/N=C(\c1n[nH]c2c1C=CC(c1ccccc1)(c1ccccc1)C2)C1CC1. The molecule has 2 aromatic carbocycles. The van der Waals surface area contributed by atoms with Gasteiger partial charge in [0, 0.05) is 35.6 Å². The van der Waals surface area contributed by atoms with E-state index in [1.54, 1.807) is 0 Å². The van der Waals surface area contributed by atoms with Crippen molar-refractivity contribution in [2.45, 2.75) is 24.7 Å². The Bertz CT molecular complexity index is 1070. The first kappa shape index (κ1) is 20.7. The van der Waals surface area contributed by atoms with Gasteiger partial charge in [0.25, 0.3) is 0 Å². The maximum atomic E-state index is 5.67. The van der Waals surface area contributed by atoms with Crippen molar-refractivity contribution in [3.05, 3.63) is 94.8 Å². The van der Waals surface area contributed by atoms with Crippen LogP contribution in [0.5, 0.6) is 0 Å². The van der Waals surface area contributed by atoms with E-state index in [9.17, 15) is 0 Å². The molecule has 0 spiro atoms. The second kappa shape index (κ2) is 8.75. The van der Waals surface area contributed by atoms with Crippen LogP contribution in [0.1, 0.15) is 40.9 Å². The van der Waals surface area contributed by atoms with E-state index in [1.165, 1.54) is 11.1 Å². The lowest BCUT2D eigenvalue weighted by atomic mass is 9.68. The molecule has 164 valence electrons. The van der Waals surface area contributed by atoms with Crippen molar-refractivity contribution in [2.24, 2.45) is 11.1 Å². The van der Waals surface area contributed by atoms with Gasteiger partial charge in [-0.1, -0.05) is 78.0 Å². The number of nitrogens with one attached hydrogen (secondary N) is 1. The van der Waals surface area contributed by atoms with E-state index in [2.05, 4.69) is 88.0 Å². The Balaban J connectivity index is 1.50. The number of fused-ring (bicyclic) bond motifs is 1. The Morgan fingerprint density at radius 2 is 1.72 bits per heavy atom. The number of hydrogen-bond donors (Lipinski definition) is 1. The van der Waals surface area contributed by atoms with E-state index in [0.717, 1.165) is 48.5 Å². The first-order valence-corrected chi connectivity index (χ1v) is 11.4. The van der Waals surface area contributed by atoms with Crippen molar-refractivity contribution in [2.75, 3.05) is 27.2 Å². The molecular weight excluding hydrogens is 396 g/mol. The first-order chi connectivity index (χ1) is 15.7. The lowest BCUT2D eigenvalue weighted by Gasteiger charge is -2.34. The minimum Gasteiger partial charge on any atom is -0.394 e. The lowest BCUT2D eigenvalue weighted by molar-refractivity contribution is 0.125. The summed E-state index contributed by atoms with van der Waals surface area (Å²) in [6.45, 7) is 1.42. The monoisotopic (exact) mass is 426 g/mol. The number of H-pyrrole nitrogens is 1. The highest BCUT2D eigenvalue weighted by Gasteiger charge is 2.38. The fraction of sp³-hybridized carbons (Fsp3) is 0.333. The fourth-order valence-electron chi connectivity index (χ4n) is 4.50. The topological polar surface area (TPSA) is 53.5 Å². The van der Waals surface area contributed by atoms with E-state index in [-0.39, 0.29) is 5.41 Å². The summed E-state index contributed by atoms with van der Waals surface area (Å²) in [5, 5.41) is 12.6. The highest BCUT2D eigenvalue weighted by atomic mass is 16.6. The van der Waals surface area contributed by atoms with Crippen molar-refractivity contribution in [1.29, 1.82) is 0 Å². The predicted octanol–water partition coefficient (Wildman–Crippen LogP) is 4.66. The minimum atomic E-state index is -0.224. The molecule has 5 heteroatoms. The Morgan fingerprint density at radius 1 is 1.06 bits per heavy atom. The maximum absolute atomic E-state index is 5.67. The first-order valence-electron chi connectivity index (χ1n) is 11.4. The summed E-state index contributed by atoms with van der Waals surface area (Å²) in [7, 11) is 4.07. The third-order valence-corrected chi connectivity index (χ3v) is 6.45. The van der Waals surface area contributed by atoms with Crippen LogP contribution in [-0.4, -0.2) is 48.1 Å². The summed E-state index contributed by atoms with van der Waals surface area (Å²) in [6, 6.07) is 21.5. The van der Waals surface area contributed by atoms with Gasteiger partial charge in [-0.3, -0.25) is 5.10 Å². The van der Waals surface area contributed by atoms with Crippen molar-refractivity contribution >= 4 is 11.8 Å². The molecule has 0 bridgehead atoms. The molecule has 1 aromatic heterocycles. The third kappa shape index (κ3) is 4.00. The van der Waals surface area contributed by atoms with E-state index < -0.39 is 0 Å². The van der Waals surface area contributed by atoms with Crippen molar-refractivity contribution in [3.8, 4) is 0 Å². The molecule has 1 saturated carbocycles. The van der Waals surface area contributed by atoms with Crippen molar-refractivity contribution in [3.63, 3.8) is 0 Å². The normalized spacial score (nSPS) is 17.4. The molecule has 1 heterocycles. The van der Waals surface area contributed by atoms with Gasteiger partial charge < -0.3 is 9.74 Å². The van der Waals surface area contributed by atoms with Crippen LogP contribution in [0.4, 0.5) is 0 Å². The van der Waals surface area contributed by atoms with Crippen molar-refractivity contribution < 1.29 is 4.84 Å². The number of aromatic amines is 1. The molecule has 0 aliphatic heterocycles. The molecule has 1 fully saturated rings. The predicted molar refractivity (Wildman–Crippen MR) is 129 cm³/mol. The average Bonchev–Trinajstić information content (AvgIpc) is 3.59. The van der Waals surface area contributed by atoms with Gasteiger partial charge in [0.15, 0.2) is 0 Å². The van der Waals surface area contributed by atoms with Crippen LogP contribution in [-0.2, 0) is 16.7 Å². The summed E-state index contributed by atoms with van der Waals surface area (Å²) in [4.78, 5) is 7.77. The molecule has 0 saturated heterocycles. The quantitative estimate of drug-likeness (QED) is 0.324. The van der Waals surface area contributed by atoms with Crippen LogP contribution in [0.2, 0.25) is 0 Å². The molecule has 2 aliphatic carbocycles. The van der Waals surface area contributed by atoms with Gasteiger partial charge in [0.05, 0.1) is 0 Å². The zero-order chi connectivity index (χ0) is 22.0. The van der Waals surface area contributed by atoms with Crippen LogP contribution < -0.4 is 0 Å². The molecule has 2 aliphatic rings. The van der Waals surface area contributed by atoms with Crippen LogP contribution >= 0.6 is 0 Å². The second-order valence-corrected chi connectivity index (χ2v) is 9.07. The largest absolute Gasteiger partial charge is 0.394 e. The van der Waals surface area contributed by atoms with E-state index in [0.29, 0.717) is 12.5 Å². The van der Waals surface area contributed by atoms with Crippen LogP contribution in [0.3, 0.4) is 0 Å². The minimum absolute atomic E-state index is 0.224. The maximum Gasteiger partial charge on any atom is 0.129 e. The summed E-state index contributed by atoms with van der Waals surface area (Å²) >= 11 is 0. The van der Waals surface area contributed by atoms with Crippen LogP contribution in [0, 0.1) is 5.92 Å². The number of allylic oxidation sites excluding steroid dienone is 1. The summed E-state index contributed by atoms with van der Waals surface area (Å²) in [5.74, 6) is 0.449. The van der Waals surface area contributed by atoms with E-state index in [1.807, 2.05) is 14.1 Å². The molecular formula is C27H30N4O. The number of aromatic nitrogens is 2. The van der Waals surface area contributed by atoms with E-state index >= 15 is 0 Å². The molecule has 0 amide bonds. The third-order valence-electron chi connectivity index (χ3n) is 6.45. The lowest BCUT2D eigenvalue weighted by Crippen LogP contribution is -2.30. The molecule has 5 rings (SSSR count). The number of benzene rings is 2. The van der Waals surface area contributed by atoms with Gasteiger partial charge in [0.1, 0.15) is 18.0 Å². The molecule has 1 N–H and O–H groups in total. The Kier molecular flexibility index (Phi) is 5.66. The zero-order valence-corrected chi connectivity index (χ0v) is 18.8. The smallest absolute Gasteiger partial charge is 0.129 e. The fourth-order valence-corrected chi connectivity index (χ4v) is 4.50. The highest BCUT2D eigenvalue weighted by Crippen LogP contribution is 2.43. The van der Waals surface area contributed by atoms with Gasteiger partial charge >= 0.3 is 0 Å². The van der Waals surface area contributed by atoms with Gasteiger partial charge in [-0.2, -0.15) is 5.10 Å². The van der Waals surface area contributed by atoms with Gasteiger partial charge in [-0.25, -0.2) is 0 Å². The number of likely N-dealkylation sites (N-methyl/N-ethyl adjacent to an activating group) is 1. The number of oxime groups is 1. The van der Waals surface area contributed by atoms with Crippen LogP contribution in [0.15, 0.2) is 71.9 Å². The Hall–Kier alpha value is -3.18. The Labute approximate surface area is 189 Å². The van der Waals surface area contributed by atoms with Gasteiger partial charge in [-0.15, -0.1) is 0 Å². The number of nitrogens with zero attached hydrogens (tertiary/aromatic N) is 3. The average molecular weight is 427 g/mol. The van der Waals surface area contributed by atoms with Crippen LogP contribution in [0.25, 0.3) is 6.08 Å². The van der Waals surface area contributed by atoms with Crippen molar-refractivity contribution in [1.82, 2.24) is 15.1 Å². The summed E-state index contributed by atoms with van der Waals surface area (Å²) in [6.07, 6.45) is 7.71.